The molecule has 1 fully saturated rings. The van der Waals surface area contributed by atoms with Gasteiger partial charge in [0.25, 0.3) is 0 Å². The second kappa shape index (κ2) is 13.2. The number of aromatic nitrogens is 2. The van der Waals surface area contributed by atoms with Crippen molar-refractivity contribution in [3.8, 4) is 17.1 Å². The molecule has 1 aliphatic rings. The van der Waals surface area contributed by atoms with Crippen LogP contribution in [0.4, 0.5) is 18.9 Å². The number of ketones is 1. The molecule has 0 amide bonds. The fraction of sp³-hybridized carbons (Fsp3) is 0.323. The molecule has 4 aromatic rings. The summed E-state index contributed by atoms with van der Waals surface area (Å²) in [6.07, 6.45) is -3.04. The zero-order valence-electron chi connectivity index (χ0n) is 24.9. The number of ether oxygens (including phenoxy) is 1. The molecule has 1 aliphatic carbocycles. The Morgan fingerprint density at radius 1 is 1.02 bits per heavy atom. The van der Waals surface area contributed by atoms with E-state index in [1.807, 2.05) is 0 Å². The monoisotopic (exact) mass is 696 g/mol. The topological polar surface area (TPSA) is 106 Å². The summed E-state index contributed by atoms with van der Waals surface area (Å²) in [7, 11) is 0.410. The van der Waals surface area contributed by atoms with Gasteiger partial charge in [0.05, 0.1) is 21.3 Å². The predicted molar refractivity (Wildman–Crippen MR) is 168 cm³/mol. The van der Waals surface area contributed by atoms with Gasteiger partial charge in [0.15, 0.2) is 11.5 Å². The molecule has 0 saturated heterocycles. The highest BCUT2D eigenvalue weighted by molar-refractivity contribution is 7.89. The molecule has 5 rings (SSSR count). The number of anilines is 1. The SMILES string of the molecule is CN(Cc1ccc(C(=O)CS(=O)(=O)N(C)C)cc1)c1ccc(OCc2c(-c3c(Cl)cccc3Cl)noc2C2CC2)nc1C(F)(F)F. The Morgan fingerprint density at radius 3 is 2.26 bits per heavy atom. The van der Waals surface area contributed by atoms with E-state index in [1.54, 1.807) is 30.3 Å². The molecule has 0 atom stereocenters. The van der Waals surface area contributed by atoms with E-state index in [9.17, 15) is 26.4 Å². The van der Waals surface area contributed by atoms with Crippen LogP contribution in [0.3, 0.4) is 0 Å². The summed E-state index contributed by atoms with van der Waals surface area (Å²) in [6.45, 7) is -0.130. The lowest BCUT2D eigenvalue weighted by Crippen LogP contribution is -2.29. The molecule has 244 valence electrons. The second-order valence-electron chi connectivity index (χ2n) is 11.1. The van der Waals surface area contributed by atoms with Crippen LogP contribution in [-0.4, -0.2) is 55.5 Å². The summed E-state index contributed by atoms with van der Waals surface area (Å²) in [6, 6.07) is 13.6. The van der Waals surface area contributed by atoms with E-state index < -0.39 is 33.4 Å². The van der Waals surface area contributed by atoms with Gasteiger partial charge in [0.1, 0.15) is 23.8 Å². The number of benzene rings is 2. The number of halogens is 5. The number of hydrogen-bond acceptors (Lipinski definition) is 8. The van der Waals surface area contributed by atoms with Crippen molar-refractivity contribution in [3.05, 3.63) is 92.8 Å². The summed E-state index contributed by atoms with van der Waals surface area (Å²) in [5.74, 6) is -0.841. The number of hydrogen-bond donors (Lipinski definition) is 0. The highest BCUT2D eigenvalue weighted by Crippen LogP contribution is 2.46. The van der Waals surface area contributed by atoms with E-state index in [2.05, 4.69) is 10.1 Å². The van der Waals surface area contributed by atoms with Crippen LogP contribution in [0, 0.1) is 0 Å². The van der Waals surface area contributed by atoms with Crippen LogP contribution in [0.5, 0.6) is 5.88 Å². The maximum absolute atomic E-state index is 14.2. The number of rotatable bonds is 12. The smallest absolute Gasteiger partial charge is 0.435 e. The van der Waals surface area contributed by atoms with Gasteiger partial charge in [0.2, 0.25) is 15.9 Å². The number of Topliss-reactive ketones (excluding diaryl/α,β-unsaturated/α-hetero) is 1. The Morgan fingerprint density at radius 2 is 1.67 bits per heavy atom. The average Bonchev–Trinajstić information content (AvgIpc) is 3.75. The van der Waals surface area contributed by atoms with Gasteiger partial charge in [-0.1, -0.05) is 58.7 Å². The minimum atomic E-state index is -4.80. The van der Waals surface area contributed by atoms with Gasteiger partial charge in [-0.3, -0.25) is 4.79 Å². The second-order valence-corrected chi connectivity index (χ2v) is 14.1. The van der Waals surface area contributed by atoms with Crippen LogP contribution in [0.2, 0.25) is 10.0 Å². The van der Waals surface area contributed by atoms with Crippen LogP contribution in [0.1, 0.15) is 51.7 Å². The van der Waals surface area contributed by atoms with Crippen molar-refractivity contribution in [2.24, 2.45) is 0 Å². The Kier molecular flexibility index (Phi) is 9.69. The molecule has 0 radical (unpaired) electrons. The highest BCUT2D eigenvalue weighted by atomic mass is 35.5. The molecular formula is C31H29Cl2F3N4O5S. The predicted octanol–water partition coefficient (Wildman–Crippen LogP) is 7.23. The molecule has 1 saturated carbocycles. The summed E-state index contributed by atoms with van der Waals surface area (Å²) >= 11 is 12.8. The molecule has 0 bridgehead atoms. The Labute approximate surface area is 273 Å². The number of carbonyl (C=O) groups is 1. The van der Waals surface area contributed by atoms with Crippen LogP contribution >= 0.6 is 23.2 Å². The fourth-order valence-electron chi connectivity index (χ4n) is 4.76. The molecule has 2 aromatic carbocycles. The molecule has 0 N–H and O–H groups in total. The standard InChI is InChI=1S/C31H29Cl2F3N4O5S/c1-39(2)46(42,43)17-25(41)19-9-7-18(8-10-19)15-40(3)24-13-14-26(37-30(24)31(34,35)36)44-16-21-28(38-45-29(21)20-11-12-20)27-22(32)5-4-6-23(27)33/h4-10,13-14,20H,11-12,15-17H2,1-3H3. The van der Waals surface area contributed by atoms with Crippen molar-refractivity contribution < 1.29 is 35.6 Å². The first-order valence-corrected chi connectivity index (χ1v) is 16.4. The molecule has 0 aliphatic heterocycles. The maximum atomic E-state index is 14.2. The third-order valence-corrected chi connectivity index (χ3v) is 9.79. The van der Waals surface area contributed by atoms with E-state index in [0.29, 0.717) is 38.2 Å². The quantitative estimate of drug-likeness (QED) is 0.143. The number of sulfonamides is 1. The summed E-state index contributed by atoms with van der Waals surface area (Å²) in [4.78, 5) is 17.6. The molecule has 0 unspecified atom stereocenters. The van der Waals surface area contributed by atoms with Gasteiger partial charge < -0.3 is 14.2 Å². The summed E-state index contributed by atoms with van der Waals surface area (Å²) in [5, 5.41) is 4.86. The Balaban J connectivity index is 1.34. The van der Waals surface area contributed by atoms with E-state index in [-0.39, 0.29) is 36.2 Å². The fourth-order valence-corrected chi connectivity index (χ4v) is 6.09. The first-order chi connectivity index (χ1) is 21.7. The van der Waals surface area contributed by atoms with Crippen molar-refractivity contribution in [3.63, 3.8) is 0 Å². The average molecular weight is 698 g/mol. The van der Waals surface area contributed by atoms with Crippen LogP contribution in [0.15, 0.2) is 59.1 Å². The zero-order valence-corrected chi connectivity index (χ0v) is 27.3. The molecule has 0 spiro atoms. The largest absolute Gasteiger partial charge is 0.473 e. The maximum Gasteiger partial charge on any atom is 0.435 e. The van der Waals surface area contributed by atoms with E-state index in [4.69, 9.17) is 32.5 Å². The minimum absolute atomic E-state index is 0.0445. The van der Waals surface area contributed by atoms with Gasteiger partial charge in [0, 0.05) is 50.8 Å². The first-order valence-electron chi connectivity index (χ1n) is 14.0. The van der Waals surface area contributed by atoms with Gasteiger partial charge in [-0.05, 0) is 36.6 Å². The van der Waals surface area contributed by atoms with Crippen molar-refractivity contribution in [1.82, 2.24) is 14.4 Å². The lowest BCUT2D eigenvalue weighted by atomic mass is 10.0. The summed E-state index contributed by atoms with van der Waals surface area (Å²) < 4.78 is 79.2. The number of pyridine rings is 1. The third kappa shape index (κ3) is 7.49. The summed E-state index contributed by atoms with van der Waals surface area (Å²) in [5.41, 5.74) is 0.770. The lowest BCUT2D eigenvalue weighted by molar-refractivity contribution is -0.140. The minimum Gasteiger partial charge on any atom is -0.473 e. The van der Waals surface area contributed by atoms with Crippen molar-refractivity contribution >= 4 is 44.7 Å². The molecular weight excluding hydrogens is 668 g/mol. The molecule has 2 heterocycles. The van der Waals surface area contributed by atoms with Gasteiger partial charge in [-0.25, -0.2) is 17.7 Å². The van der Waals surface area contributed by atoms with Crippen molar-refractivity contribution in [2.75, 3.05) is 31.8 Å². The van der Waals surface area contributed by atoms with Crippen molar-refractivity contribution in [1.29, 1.82) is 0 Å². The highest BCUT2D eigenvalue weighted by Gasteiger charge is 2.38. The third-order valence-electron chi connectivity index (χ3n) is 7.42. The normalized spacial score (nSPS) is 13.7. The molecule has 2 aromatic heterocycles. The number of carbonyl (C=O) groups excluding carboxylic acids is 1. The Hall–Kier alpha value is -3.65. The van der Waals surface area contributed by atoms with E-state index >= 15 is 0 Å². The van der Waals surface area contributed by atoms with E-state index in [1.165, 1.54) is 50.3 Å². The van der Waals surface area contributed by atoms with E-state index in [0.717, 1.165) is 17.1 Å². The molecule has 46 heavy (non-hydrogen) atoms. The zero-order chi connectivity index (χ0) is 33.4. The van der Waals surface area contributed by atoms with Crippen LogP contribution in [-0.2, 0) is 29.4 Å². The first kappa shape index (κ1) is 33.7. The molecule has 15 heteroatoms. The lowest BCUT2D eigenvalue weighted by Gasteiger charge is -2.23. The Bertz CT molecular complexity index is 1840. The number of alkyl halides is 3. The van der Waals surface area contributed by atoms with Crippen molar-refractivity contribution in [2.45, 2.75) is 38.1 Å². The van der Waals surface area contributed by atoms with Gasteiger partial charge in [-0.2, -0.15) is 13.2 Å². The van der Waals surface area contributed by atoms with Gasteiger partial charge in [-0.15, -0.1) is 0 Å². The van der Waals surface area contributed by atoms with Crippen LogP contribution < -0.4 is 9.64 Å². The van der Waals surface area contributed by atoms with Gasteiger partial charge >= 0.3 is 6.18 Å². The molecule has 9 nitrogen and oxygen atoms in total. The number of nitrogens with zero attached hydrogens (tertiary/aromatic N) is 4. The van der Waals surface area contributed by atoms with Crippen LogP contribution in [0.25, 0.3) is 11.3 Å².